The molecule has 2 aromatic rings. The summed E-state index contributed by atoms with van der Waals surface area (Å²) in [6, 6.07) is 7.56. The van der Waals surface area contributed by atoms with Crippen LogP contribution in [0.1, 0.15) is 19.4 Å². The van der Waals surface area contributed by atoms with Crippen molar-refractivity contribution in [2.24, 2.45) is 5.92 Å². The Morgan fingerprint density at radius 2 is 2.15 bits per heavy atom. The zero-order chi connectivity index (χ0) is 14.4. The zero-order valence-electron chi connectivity index (χ0n) is 11.8. The molecule has 106 valence electrons. The van der Waals surface area contributed by atoms with Crippen LogP contribution in [0.2, 0.25) is 0 Å². The molecule has 0 aromatic carbocycles. The summed E-state index contributed by atoms with van der Waals surface area (Å²) in [5.41, 5.74) is 7.50. The highest BCUT2D eigenvalue weighted by atomic mass is 16.5. The lowest BCUT2D eigenvalue weighted by Gasteiger charge is -2.12. The van der Waals surface area contributed by atoms with Crippen LogP contribution in [0, 0.1) is 5.92 Å². The summed E-state index contributed by atoms with van der Waals surface area (Å²) >= 11 is 0. The maximum Gasteiger partial charge on any atom is 0.239 e. The Bertz CT molecular complexity index is 543. The molecular weight excluding hydrogens is 252 g/mol. The molecule has 0 amide bonds. The SMILES string of the molecule is CC(C)COc1nc(NCc2cccnc2)ccc1N. The van der Waals surface area contributed by atoms with Gasteiger partial charge in [0, 0.05) is 18.9 Å². The van der Waals surface area contributed by atoms with Crippen LogP contribution in [0.3, 0.4) is 0 Å². The van der Waals surface area contributed by atoms with E-state index in [4.69, 9.17) is 10.5 Å². The van der Waals surface area contributed by atoms with Crippen LogP contribution in [-0.4, -0.2) is 16.6 Å². The van der Waals surface area contributed by atoms with Crippen LogP contribution in [0.15, 0.2) is 36.7 Å². The lowest BCUT2D eigenvalue weighted by Crippen LogP contribution is -2.09. The summed E-state index contributed by atoms with van der Waals surface area (Å²) in [5, 5.41) is 3.23. The molecule has 2 rings (SSSR count). The van der Waals surface area contributed by atoms with Crippen molar-refractivity contribution < 1.29 is 4.74 Å². The Kier molecular flexibility index (Phi) is 4.76. The molecule has 0 saturated heterocycles. The molecule has 0 saturated carbocycles. The molecule has 0 radical (unpaired) electrons. The van der Waals surface area contributed by atoms with E-state index >= 15 is 0 Å². The van der Waals surface area contributed by atoms with Gasteiger partial charge in [-0.05, 0) is 29.7 Å². The van der Waals surface area contributed by atoms with Gasteiger partial charge < -0.3 is 15.8 Å². The number of nitrogens with zero attached hydrogens (tertiary/aromatic N) is 2. The van der Waals surface area contributed by atoms with Gasteiger partial charge in [-0.25, -0.2) is 0 Å². The first-order valence-electron chi connectivity index (χ1n) is 6.67. The molecule has 2 heterocycles. The first kappa shape index (κ1) is 14.1. The number of pyridine rings is 2. The van der Waals surface area contributed by atoms with Crippen LogP contribution in [-0.2, 0) is 6.54 Å². The Hall–Kier alpha value is -2.30. The number of rotatable bonds is 6. The quantitative estimate of drug-likeness (QED) is 0.845. The molecule has 5 heteroatoms. The second kappa shape index (κ2) is 6.75. The number of anilines is 2. The number of nitrogen functional groups attached to an aromatic ring is 1. The molecule has 0 atom stereocenters. The molecule has 0 aliphatic heterocycles. The molecule has 0 spiro atoms. The first-order chi connectivity index (χ1) is 9.65. The van der Waals surface area contributed by atoms with Crippen molar-refractivity contribution in [3.05, 3.63) is 42.2 Å². The fourth-order valence-corrected chi connectivity index (χ4v) is 1.61. The predicted octanol–water partition coefficient (Wildman–Crippen LogP) is 2.71. The summed E-state index contributed by atoms with van der Waals surface area (Å²) in [4.78, 5) is 8.45. The van der Waals surface area contributed by atoms with E-state index < -0.39 is 0 Å². The number of hydrogen-bond donors (Lipinski definition) is 2. The van der Waals surface area contributed by atoms with E-state index in [1.807, 2.05) is 24.4 Å². The van der Waals surface area contributed by atoms with E-state index in [-0.39, 0.29) is 0 Å². The predicted molar refractivity (Wildman–Crippen MR) is 80.5 cm³/mol. The summed E-state index contributed by atoms with van der Waals surface area (Å²) in [6.45, 7) is 5.43. The first-order valence-corrected chi connectivity index (χ1v) is 6.67. The standard InChI is InChI=1S/C15H20N4O/c1-11(2)10-20-15-13(16)5-6-14(19-15)18-9-12-4-3-7-17-8-12/h3-8,11H,9-10,16H2,1-2H3,(H,18,19). The Balaban J connectivity index is 2.00. The van der Waals surface area contributed by atoms with Gasteiger partial charge in [0.15, 0.2) is 0 Å². The van der Waals surface area contributed by atoms with Crippen molar-refractivity contribution in [1.82, 2.24) is 9.97 Å². The van der Waals surface area contributed by atoms with Crippen molar-refractivity contribution in [3.8, 4) is 5.88 Å². The topological polar surface area (TPSA) is 73.1 Å². The summed E-state index contributed by atoms with van der Waals surface area (Å²) in [7, 11) is 0. The number of hydrogen-bond acceptors (Lipinski definition) is 5. The van der Waals surface area contributed by atoms with Gasteiger partial charge >= 0.3 is 0 Å². The van der Waals surface area contributed by atoms with Crippen molar-refractivity contribution in [2.75, 3.05) is 17.7 Å². The van der Waals surface area contributed by atoms with Gasteiger partial charge in [-0.3, -0.25) is 4.98 Å². The van der Waals surface area contributed by atoms with Gasteiger partial charge in [0.25, 0.3) is 0 Å². The molecule has 0 fully saturated rings. The van der Waals surface area contributed by atoms with E-state index in [0.717, 1.165) is 11.4 Å². The van der Waals surface area contributed by atoms with Gasteiger partial charge in [-0.15, -0.1) is 0 Å². The fraction of sp³-hybridized carbons (Fsp3) is 0.333. The third-order valence-corrected chi connectivity index (χ3v) is 2.64. The molecule has 3 N–H and O–H groups in total. The van der Waals surface area contributed by atoms with E-state index in [1.54, 1.807) is 12.3 Å². The second-order valence-corrected chi connectivity index (χ2v) is 5.01. The highest BCUT2D eigenvalue weighted by Crippen LogP contribution is 2.21. The van der Waals surface area contributed by atoms with Gasteiger partial charge in [0.05, 0.1) is 12.3 Å². The molecule has 0 aliphatic carbocycles. The third kappa shape index (κ3) is 4.12. The van der Waals surface area contributed by atoms with E-state index in [2.05, 4.69) is 29.1 Å². The highest BCUT2D eigenvalue weighted by Gasteiger charge is 2.05. The van der Waals surface area contributed by atoms with E-state index in [1.165, 1.54) is 0 Å². The minimum absolute atomic E-state index is 0.434. The summed E-state index contributed by atoms with van der Waals surface area (Å²) < 4.78 is 5.60. The van der Waals surface area contributed by atoms with E-state index in [0.29, 0.717) is 30.6 Å². The van der Waals surface area contributed by atoms with Crippen LogP contribution in [0.5, 0.6) is 5.88 Å². The average Bonchev–Trinajstić information content (AvgIpc) is 2.46. The maximum atomic E-state index is 5.86. The summed E-state index contributed by atoms with van der Waals surface area (Å²) in [6.07, 6.45) is 3.57. The smallest absolute Gasteiger partial charge is 0.239 e. The Labute approximate surface area is 119 Å². The average molecular weight is 272 g/mol. The Morgan fingerprint density at radius 3 is 2.85 bits per heavy atom. The van der Waals surface area contributed by atoms with Crippen molar-refractivity contribution >= 4 is 11.5 Å². The molecule has 0 bridgehead atoms. The largest absolute Gasteiger partial charge is 0.476 e. The van der Waals surface area contributed by atoms with Gasteiger partial charge in [-0.2, -0.15) is 4.98 Å². The molecule has 20 heavy (non-hydrogen) atoms. The van der Waals surface area contributed by atoms with Gasteiger partial charge in [0.1, 0.15) is 5.82 Å². The molecule has 0 aliphatic rings. The minimum Gasteiger partial charge on any atom is -0.476 e. The van der Waals surface area contributed by atoms with Crippen LogP contribution in [0.4, 0.5) is 11.5 Å². The maximum absolute atomic E-state index is 5.86. The van der Waals surface area contributed by atoms with E-state index in [9.17, 15) is 0 Å². The molecule has 2 aromatic heterocycles. The van der Waals surface area contributed by atoms with Crippen LogP contribution in [0.25, 0.3) is 0 Å². The molecule has 0 unspecified atom stereocenters. The lowest BCUT2D eigenvalue weighted by atomic mass is 10.2. The second-order valence-electron chi connectivity index (χ2n) is 5.01. The highest BCUT2D eigenvalue weighted by molar-refractivity contribution is 5.53. The summed E-state index contributed by atoms with van der Waals surface area (Å²) in [5.74, 6) is 1.65. The van der Waals surface area contributed by atoms with Crippen molar-refractivity contribution in [1.29, 1.82) is 0 Å². The molecule has 5 nitrogen and oxygen atoms in total. The van der Waals surface area contributed by atoms with Crippen LogP contribution < -0.4 is 15.8 Å². The van der Waals surface area contributed by atoms with Crippen molar-refractivity contribution in [2.45, 2.75) is 20.4 Å². The van der Waals surface area contributed by atoms with Crippen LogP contribution >= 0.6 is 0 Å². The Morgan fingerprint density at radius 1 is 1.30 bits per heavy atom. The fourth-order valence-electron chi connectivity index (χ4n) is 1.61. The van der Waals surface area contributed by atoms with Gasteiger partial charge in [0.2, 0.25) is 5.88 Å². The van der Waals surface area contributed by atoms with Gasteiger partial charge in [-0.1, -0.05) is 19.9 Å². The molecular formula is C15H20N4O. The normalized spacial score (nSPS) is 10.6. The third-order valence-electron chi connectivity index (χ3n) is 2.64. The monoisotopic (exact) mass is 272 g/mol. The number of aromatic nitrogens is 2. The minimum atomic E-state index is 0.434. The number of ether oxygens (including phenoxy) is 1. The van der Waals surface area contributed by atoms with Crippen molar-refractivity contribution in [3.63, 3.8) is 0 Å². The number of nitrogens with one attached hydrogen (secondary N) is 1. The zero-order valence-corrected chi connectivity index (χ0v) is 11.8. The lowest BCUT2D eigenvalue weighted by molar-refractivity contribution is 0.263. The number of nitrogens with two attached hydrogens (primary N) is 1.